The first-order chi connectivity index (χ1) is 13.1. The third kappa shape index (κ3) is 4.42. The number of nitro benzene ring substituents is 1. The maximum Gasteiger partial charge on any atom is 0.270 e. The molecule has 0 amide bonds. The second-order valence-electron chi connectivity index (χ2n) is 5.62. The molecule has 0 aliphatic carbocycles. The monoisotopic (exact) mass is 385 g/mol. The quantitative estimate of drug-likeness (QED) is 0.495. The van der Waals surface area contributed by atoms with Gasteiger partial charge in [0.15, 0.2) is 4.80 Å². The van der Waals surface area contributed by atoms with Gasteiger partial charge in [-0.15, -0.1) is 11.3 Å². The Labute approximate surface area is 160 Å². The summed E-state index contributed by atoms with van der Waals surface area (Å²) in [6, 6.07) is 13.9. The third-order valence-electron chi connectivity index (χ3n) is 3.85. The topological polar surface area (TPSA) is 89.9 Å². The minimum absolute atomic E-state index is 0.0271. The van der Waals surface area contributed by atoms with Crippen LogP contribution in [-0.4, -0.2) is 27.8 Å². The van der Waals surface area contributed by atoms with Gasteiger partial charge in [0.05, 0.1) is 29.5 Å². The summed E-state index contributed by atoms with van der Waals surface area (Å²) in [7, 11) is 0. The largest absolute Gasteiger partial charge is 0.494 e. The molecule has 7 nitrogen and oxygen atoms in total. The summed E-state index contributed by atoms with van der Waals surface area (Å²) < 4.78 is 7.29. The number of nitro groups is 1. The Hall–Kier alpha value is -2.97. The second-order valence-corrected chi connectivity index (χ2v) is 6.46. The summed E-state index contributed by atoms with van der Waals surface area (Å²) in [4.78, 5) is 16.0. The second kappa shape index (κ2) is 8.61. The first-order valence-electron chi connectivity index (χ1n) is 8.44. The average Bonchev–Trinajstić information content (AvgIpc) is 3.06. The predicted octanol–water partition coefficient (Wildman–Crippen LogP) is 3.75. The lowest BCUT2D eigenvalue weighted by molar-refractivity contribution is -0.384. The third-order valence-corrected chi connectivity index (χ3v) is 4.71. The Morgan fingerprint density at radius 2 is 2.04 bits per heavy atom. The minimum Gasteiger partial charge on any atom is -0.494 e. The van der Waals surface area contributed by atoms with E-state index in [9.17, 15) is 15.2 Å². The first kappa shape index (κ1) is 18.8. The highest BCUT2D eigenvalue weighted by atomic mass is 32.1. The van der Waals surface area contributed by atoms with E-state index >= 15 is 0 Å². The molecule has 0 saturated carbocycles. The first-order valence-corrected chi connectivity index (χ1v) is 9.32. The van der Waals surface area contributed by atoms with E-state index in [-0.39, 0.29) is 12.3 Å². The normalized spacial score (nSPS) is 11.6. The SMILES string of the molecule is CCOc1ccc(N=c2scc(-c3cccc([N+](=O)[O-])c3)n2CCO)cc1. The van der Waals surface area contributed by atoms with Crippen molar-refractivity contribution in [3.63, 3.8) is 0 Å². The number of aliphatic hydroxyl groups is 1. The molecule has 0 radical (unpaired) electrons. The number of hydrogen-bond donors (Lipinski definition) is 1. The highest BCUT2D eigenvalue weighted by molar-refractivity contribution is 7.07. The standard InChI is InChI=1S/C19H19N3O4S/c1-2-26-17-8-6-15(7-9-17)20-19-21(10-11-23)18(13-27-19)14-4-3-5-16(12-14)22(24)25/h3-9,12-13,23H,2,10-11H2,1H3. The van der Waals surface area contributed by atoms with Crippen LogP contribution >= 0.6 is 11.3 Å². The lowest BCUT2D eigenvalue weighted by Crippen LogP contribution is -2.17. The van der Waals surface area contributed by atoms with Crippen molar-refractivity contribution in [2.45, 2.75) is 13.5 Å². The van der Waals surface area contributed by atoms with E-state index in [2.05, 4.69) is 4.99 Å². The van der Waals surface area contributed by atoms with Crippen molar-refractivity contribution < 1.29 is 14.8 Å². The molecule has 140 valence electrons. The van der Waals surface area contributed by atoms with Crippen molar-refractivity contribution in [2.75, 3.05) is 13.2 Å². The molecular weight excluding hydrogens is 366 g/mol. The number of thiazole rings is 1. The van der Waals surface area contributed by atoms with E-state index in [1.165, 1.54) is 23.5 Å². The molecule has 3 aromatic rings. The van der Waals surface area contributed by atoms with Gasteiger partial charge in [0.25, 0.3) is 5.69 Å². The zero-order valence-electron chi connectivity index (χ0n) is 14.7. The van der Waals surface area contributed by atoms with Gasteiger partial charge >= 0.3 is 0 Å². The van der Waals surface area contributed by atoms with Crippen LogP contribution in [0.3, 0.4) is 0 Å². The zero-order chi connectivity index (χ0) is 19.2. The lowest BCUT2D eigenvalue weighted by atomic mass is 10.1. The Morgan fingerprint density at radius 1 is 1.26 bits per heavy atom. The number of rotatable bonds is 7. The van der Waals surface area contributed by atoms with Crippen LogP contribution in [0.5, 0.6) is 5.75 Å². The van der Waals surface area contributed by atoms with Crippen molar-refractivity contribution >= 4 is 22.7 Å². The number of benzene rings is 2. The summed E-state index contributed by atoms with van der Waals surface area (Å²) in [6.07, 6.45) is 0. The Kier molecular flexibility index (Phi) is 6.00. The summed E-state index contributed by atoms with van der Waals surface area (Å²) in [6.45, 7) is 2.81. The molecular formula is C19H19N3O4S. The number of hydrogen-bond acceptors (Lipinski definition) is 6. The fraction of sp³-hybridized carbons (Fsp3) is 0.211. The average molecular weight is 385 g/mol. The van der Waals surface area contributed by atoms with Crippen molar-refractivity contribution in [1.82, 2.24) is 4.57 Å². The number of non-ortho nitro benzene ring substituents is 1. The van der Waals surface area contributed by atoms with Crippen LogP contribution in [0.4, 0.5) is 11.4 Å². The van der Waals surface area contributed by atoms with Crippen LogP contribution in [-0.2, 0) is 6.54 Å². The number of aliphatic hydroxyl groups excluding tert-OH is 1. The van der Waals surface area contributed by atoms with Gasteiger partial charge in [-0.05, 0) is 31.2 Å². The van der Waals surface area contributed by atoms with Gasteiger partial charge in [-0.3, -0.25) is 10.1 Å². The molecule has 0 spiro atoms. The Morgan fingerprint density at radius 3 is 2.70 bits per heavy atom. The van der Waals surface area contributed by atoms with Gasteiger partial charge in [0, 0.05) is 29.6 Å². The summed E-state index contributed by atoms with van der Waals surface area (Å²) in [5.74, 6) is 0.781. The fourth-order valence-corrected chi connectivity index (χ4v) is 3.59. The molecule has 27 heavy (non-hydrogen) atoms. The fourth-order valence-electron chi connectivity index (χ4n) is 2.64. The highest BCUT2D eigenvalue weighted by Gasteiger charge is 2.12. The molecule has 8 heteroatoms. The van der Waals surface area contributed by atoms with E-state index in [4.69, 9.17) is 4.74 Å². The van der Waals surface area contributed by atoms with Crippen LogP contribution in [0, 0.1) is 10.1 Å². The molecule has 0 saturated heterocycles. The van der Waals surface area contributed by atoms with Crippen LogP contribution in [0.25, 0.3) is 11.3 Å². The summed E-state index contributed by atoms with van der Waals surface area (Å²) in [5.41, 5.74) is 2.28. The van der Waals surface area contributed by atoms with Crippen molar-refractivity contribution in [1.29, 1.82) is 0 Å². The van der Waals surface area contributed by atoms with Gasteiger partial charge in [-0.1, -0.05) is 12.1 Å². The van der Waals surface area contributed by atoms with E-state index in [0.717, 1.165) is 17.1 Å². The number of nitrogens with zero attached hydrogens (tertiary/aromatic N) is 3. The molecule has 0 fully saturated rings. The lowest BCUT2D eigenvalue weighted by Gasteiger charge is -2.07. The van der Waals surface area contributed by atoms with E-state index < -0.39 is 4.92 Å². The summed E-state index contributed by atoms with van der Waals surface area (Å²) >= 11 is 1.42. The molecule has 0 bridgehead atoms. The molecule has 0 aliphatic rings. The summed E-state index contributed by atoms with van der Waals surface area (Å²) in [5, 5.41) is 22.4. The van der Waals surface area contributed by atoms with Gasteiger partial charge < -0.3 is 14.4 Å². The number of ether oxygens (including phenoxy) is 1. The van der Waals surface area contributed by atoms with Gasteiger partial charge in [0.2, 0.25) is 0 Å². The maximum atomic E-state index is 11.0. The van der Waals surface area contributed by atoms with Gasteiger partial charge in [0.1, 0.15) is 5.75 Å². The molecule has 1 N–H and O–H groups in total. The molecule has 0 atom stereocenters. The van der Waals surface area contributed by atoms with Gasteiger partial charge in [-0.25, -0.2) is 4.99 Å². The molecule has 3 rings (SSSR count). The van der Waals surface area contributed by atoms with Crippen molar-refractivity contribution in [3.05, 3.63) is 68.8 Å². The number of aromatic nitrogens is 1. The molecule has 0 aliphatic heterocycles. The highest BCUT2D eigenvalue weighted by Crippen LogP contribution is 2.25. The Bertz CT molecular complexity index is 993. The van der Waals surface area contributed by atoms with Crippen molar-refractivity contribution in [3.8, 4) is 17.0 Å². The van der Waals surface area contributed by atoms with Gasteiger partial charge in [-0.2, -0.15) is 0 Å². The maximum absolute atomic E-state index is 11.0. The van der Waals surface area contributed by atoms with Crippen LogP contribution in [0.1, 0.15) is 6.92 Å². The predicted molar refractivity (Wildman–Crippen MR) is 104 cm³/mol. The smallest absolute Gasteiger partial charge is 0.270 e. The Balaban J connectivity index is 2.02. The van der Waals surface area contributed by atoms with Crippen molar-refractivity contribution in [2.24, 2.45) is 4.99 Å². The van der Waals surface area contributed by atoms with Crippen LogP contribution < -0.4 is 9.54 Å². The van der Waals surface area contributed by atoms with Crippen LogP contribution in [0.2, 0.25) is 0 Å². The zero-order valence-corrected chi connectivity index (χ0v) is 15.6. The van der Waals surface area contributed by atoms with E-state index in [1.807, 2.05) is 47.2 Å². The van der Waals surface area contributed by atoms with E-state index in [0.29, 0.717) is 23.5 Å². The molecule has 0 unspecified atom stereocenters. The van der Waals surface area contributed by atoms with E-state index in [1.54, 1.807) is 6.07 Å². The molecule has 1 aromatic heterocycles. The molecule has 1 heterocycles. The molecule has 2 aromatic carbocycles. The van der Waals surface area contributed by atoms with Crippen LogP contribution in [0.15, 0.2) is 58.9 Å². The minimum atomic E-state index is -0.419.